The maximum absolute atomic E-state index is 11.3. The summed E-state index contributed by atoms with van der Waals surface area (Å²) in [4.78, 5) is 0. The van der Waals surface area contributed by atoms with Crippen LogP contribution in [0.5, 0.6) is 0 Å². The van der Waals surface area contributed by atoms with Crippen LogP contribution in [0.25, 0.3) is 0 Å². The third kappa shape index (κ3) is 22.1. The molecular weight excluding hydrogens is 407 g/mol. The van der Waals surface area contributed by atoms with Gasteiger partial charge >= 0.3 is 29.6 Å². The molecule has 0 fully saturated rings. The molecule has 2 atom stereocenters. The molecule has 0 saturated carbocycles. The Morgan fingerprint density at radius 3 is 1.33 bits per heavy atom. The molecule has 0 amide bonds. The van der Waals surface area contributed by atoms with Gasteiger partial charge in [-0.05, 0) is 25.7 Å². The number of aliphatic hydroxyl groups excluding tert-OH is 1. The predicted molar refractivity (Wildman–Crippen MR) is 123 cm³/mol. The van der Waals surface area contributed by atoms with Gasteiger partial charge in [-0.1, -0.05) is 117 Å². The molecule has 30 heavy (non-hydrogen) atoms. The van der Waals surface area contributed by atoms with Gasteiger partial charge in [-0.2, -0.15) is 0 Å². The van der Waals surface area contributed by atoms with Gasteiger partial charge in [0.05, 0.1) is 16.2 Å². The van der Waals surface area contributed by atoms with Gasteiger partial charge in [0.15, 0.2) is 0 Å². The zero-order chi connectivity index (χ0) is 21.8. The maximum Gasteiger partial charge on any atom is 1.00 e. The average molecular weight is 457 g/mol. The minimum absolute atomic E-state index is 0. The third-order valence-corrected chi connectivity index (χ3v) is 7.28. The summed E-state index contributed by atoms with van der Waals surface area (Å²) in [6, 6.07) is 0. The summed E-state index contributed by atoms with van der Waals surface area (Å²) >= 11 is 0. The van der Waals surface area contributed by atoms with E-state index in [-0.39, 0.29) is 35.7 Å². The van der Waals surface area contributed by atoms with Crippen molar-refractivity contribution in [2.24, 2.45) is 0 Å². The molecular formula is C24H49NaO4S. The molecule has 0 aliphatic rings. The number of unbranched alkanes of at least 4 members (excludes halogenated alkanes) is 13. The normalized spacial score (nSPS) is 13.7. The number of hydrogen-bond donors (Lipinski definition) is 1. The van der Waals surface area contributed by atoms with Crippen molar-refractivity contribution in [2.75, 3.05) is 0 Å². The van der Waals surface area contributed by atoms with Crippen molar-refractivity contribution in [3.8, 4) is 0 Å². The van der Waals surface area contributed by atoms with E-state index in [4.69, 9.17) is 0 Å². The van der Waals surface area contributed by atoms with Crippen LogP contribution in [0, 0.1) is 0 Å². The fourth-order valence-electron chi connectivity index (χ4n) is 3.98. The Balaban J connectivity index is 0. The van der Waals surface area contributed by atoms with Gasteiger partial charge in [-0.3, -0.25) is 0 Å². The van der Waals surface area contributed by atoms with E-state index in [1.807, 2.05) is 6.92 Å². The predicted octanol–water partition coefficient (Wildman–Crippen LogP) is 4.11. The van der Waals surface area contributed by atoms with Gasteiger partial charge in [0.2, 0.25) is 0 Å². The van der Waals surface area contributed by atoms with E-state index < -0.39 is 15.4 Å². The summed E-state index contributed by atoms with van der Waals surface area (Å²) in [5.41, 5.74) is 0. The Labute approximate surface area is 210 Å². The molecule has 2 unspecified atom stereocenters. The summed E-state index contributed by atoms with van der Waals surface area (Å²) in [5, 5.41) is 9.40. The third-order valence-electron chi connectivity index (χ3n) is 5.99. The first-order chi connectivity index (χ1) is 13.9. The van der Waals surface area contributed by atoms with Crippen molar-refractivity contribution in [3.63, 3.8) is 0 Å². The molecule has 0 aliphatic heterocycles. The Bertz CT molecular complexity index is 442. The summed E-state index contributed by atoms with van der Waals surface area (Å²) < 4.78 is 33.9. The van der Waals surface area contributed by atoms with Crippen LogP contribution in [-0.2, 0) is 10.1 Å². The van der Waals surface area contributed by atoms with Gasteiger partial charge in [-0.25, -0.2) is 8.42 Å². The molecule has 0 bridgehead atoms. The monoisotopic (exact) mass is 456 g/mol. The zero-order valence-corrected chi connectivity index (χ0v) is 23.2. The van der Waals surface area contributed by atoms with E-state index in [9.17, 15) is 18.1 Å². The maximum atomic E-state index is 11.3. The van der Waals surface area contributed by atoms with Crippen LogP contribution in [0.2, 0.25) is 0 Å². The second-order valence-corrected chi connectivity index (χ2v) is 10.5. The largest absolute Gasteiger partial charge is 1.00 e. The molecule has 0 rings (SSSR count). The average Bonchev–Trinajstić information content (AvgIpc) is 2.67. The summed E-state index contributed by atoms with van der Waals surface area (Å²) in [6.45, 7) is 4.26. The van der Waals surface area contributed by atoms with Crippen LogP contribution in [0.15, 0.2) is 0 Å². The second-order valence-electron chi connectivity index (χ2n) is 8.87. The first kappa shape index (κ1) is 33.0. The van der Waals surface area contributed by atoms with E-state index in [1.165, 1.54) is 44.9 Å². The minimum Gasteiger partial charge on any atom is -0.748 e. The van der Waals surface area contributed by atoms with Gasteiger partial charge in [-0.15, -0.1) is 0 Å². The number of aliphatic hydroxyl groups is 1. The summed E-state index contributed by atoms with van der Waals surface area (Å²) in [6.07, 6.45) is 21.2. The fraction of sp³-hybridized carbons (Fsp3) is 1.00. The van der Waals surface area contributed by atoms with E-state index in [1.54, 1.807) is 0 Å². The Morgan fingerprint density at radius 1 is 0.600 bits per heavy atom. The summed E-state index contributed by atoms with van der Waals surface area (Å²) in [7, 11) is -4.14. The van der Waals surface area contributed by atoms with Crippen LogP contribution in [0.1, 0.15) is 142 Å². The van der Waals surface area contributed by atoms with Crippen molar-refractivity contribution >= 4 is 10.1 Å². The number of hydrogen-bond acceptors (Lipinski definition) is 4. The molecule has 0 radical (unpaired) electrons. The fourth-order valence-corrected chi connectivity index (χ4v) is 4.89. The topological polar surface area (TPSA) is 77.4 Å². The van der Waals surface area contributed by atoms with E-state index >= 15 is 0 Å². The first-order valence-electron chi connectivity index (χ1n) is 12.5. The van der Waals surface area contributed by atoms with Gasteiger partial charge in [0.1, 0.15) is 0 Å². The molecule has 0 aromatic carbocycles. The number of rotatable bonds is 22. The smallest absolute Gasteiger partial charge is 0.748 e. The van der Waals surface area contributed by atoms with E-state index in [0.717, 1.165) is 70.6 Å². The Morgan fingerprint density at radius 2 is 0.933 bits per heavy atom. The molecule has 176 valence electrons. The molecule has 1 N–H and O–H groups in total. The van der Waals surface area contributed by atoms with Crippen LogP contribution in [-0.4, -0.2) is 29.4 Å². The Hall–Kier alpha value is 0.870. The zero-order valence-electron chi connectivity index (χ0n) is 20.4. The standard InChI is InChI=1S/C24H50O4S.Na/c1-3-5-7-8-9-10-13-16-19-23(25)20-17-14-11-12-15-18-22-24(21-6-4-2)29(26,27)28;/h23-25H,3-22H2,1-2H3,(H,26,27,28);/q;+1/p-1. The van der Waals surface area contributed by atoms with Crippen molar-refractivity contribution in [2.45, 2.75) is 154 Å². The van der Waals surface area contributed by atoms with Crippen molar-refractivity contribution in [1.29, 1.82) is 0 Å². The van der Waals surface area contributed by atoms with Crippen molar-refractivity contribution in [3.05, 3.63) is 0 Å². The Kier molecular flexibility index (Phi) is 25.4. The molecule has 0 saturated heterocycles. The van der Waals surface area contributed by atoms with Crippen molar-refractivity contribution < 1.29 is 47.6 Å². The van der Waals surface area contributed by atoms with Crippen molar-refractivity contribution in [1.82, 2.24) is 0 Å². The minimum atomic E-state index is -4.14. The van der Waals surface area contributed by atoms with Crippen LogP contribution in [0.4, 0.5) is 0 Å². The van der Waals surface area contributed by atoms with Crippen LogP contribution < -0.4 is 29.6 Å². The first-order valence-corrected chi connectivity index (χ1v) is 14.0. The molecule has 6 heteroatoms. The van der Waals surface area contributed by atoms with E-state index in [0.29, 0.717) is 12.8 Å². The van der Waals surface area contributed by atoms with Gasteiger partial charge < -0.3 is 9.66 Å². The molecule has 0 aromatic rings. The van der Waals surface area contributed by atoms with Gasteiger partial charge in [0, 0.05) is 5.25 Å². The molecule has 0 heterocycles. The van der Waals surface area contributed by atoms with E-state index in [2.05, 4.69) is 6.92 Å². The molecule has 0 spiro atoms. The van der Waals surface area contributed by atoms with Gasteiger partial charge in [0.25, 0.3) is 0 Å². The molecule has 4 nitrogen and oxygen atoms in total. The summed E-state index contributed by atoms with van der Waals surface area (Å²) in [5.74, 6) is 0. The van der Waals surface area contributed by atoms with Crippen LogP contribution in [0.3, 0.4) is 0 Å². The molecule has 0 aromatic heterocycles. The SMILES string of the molecule is CCCCCCCCCCC(O)CCCCCCCCC(CCCC)S(=O)(=O)[O-].[Na+]. The quantitative estimate of drug-likeness (QED) is 0.151. The molecule has 0 aliphatic carbocycles. The second kappa shape index (κ2) is 23.0. The van der Waals surface area contributed by atoms with Crippen LogP contribution >= 0.6 is 0 Å².